The lowest BCUT2D eigenvalue weighted by molar-refractivity contribution is -0.720. The molecule has 0 spiro atoms. The number of benzene rings is 2. The summed E-state index contributed by atoms with van der Waals surface area (Å²) in [6.07, 6.45) is 1.45. The lowest BCUT2D eigenvalue weighted by Gasteiger charge is -2.26. The molecular formula is C27H29ClN4O5. The zero-order chi connectivity index (χ0) is 26.7. The maximum atomic E-state index is 12.9. The number of halogens is 1. The molecule has 0 N–H and O–H groups in total. The second kappa shape index (κ2) is 10.7. The van der Waals surface area contributed by atoms with Gasteiger partial charge >= 0.3 is 5.97 Å². The molecule has 2 aromatic carbocycles. The first-order chi connectivity index (χ1) is 17.5. The molecule has 37 heavy (non-hydrogen) atoms. The highest BCUT2D eigenvalue weighted by molar-refractivity contribution is 6.30. The van der Waals surface area contributed by atoms with E-state index in [1.54, 1.807) is 44.4 Å². The summed E-state index contributed by atoms with van der Waals surface area (Å²) in [7, 11) is 1.63. The van der Waals surface area contributed by atoms with E-state index < -0.39 is 11.5 Å². The molecular weight excluding hydrogens is 496 g/mol. The molecule has 3 aromatic rings. The van der Waals surface area contributed by atoms with Gasteiger partial charge in [-0.3, -0.25) is 4.98 Å². The van der Waals surface area contributed by atoms with Crippen LogP contribution >= 0.6 is 11.6 Å². The number of hydrogen-bond donors (Lipinski definition) is 0. The quantitative estimate of drug-likeness (QED) is 0.164. The van der Waals surface area contributed by atoms with E-state index in [0.717, 1.165) is 22.3 Å². The topological polar surface area (TPSA) is 99.3 Å². The molecule has 0 saturated heterocycles. The van der Waals surface area contributed by atoms with Crippen molar-refractivity contribution in [1.82, 2.24) is 9.99 Å². The fourth-order valence-corrected chi connectivity index (χ4v) is 3.81. The Bertz CT molecular complexity index is 1300. The van der Waals surface area contributed by atoms with Gasteiger partial charge in [0.15, 0.2) is 5.75 Å². The van der Waals surface area contributed by atoms with Crippen molar-refractivity contribution in [2.24, 2.45) is 5.28 Å². The van der Waals surface area contributed by atoms with Crippen LogP contribution in [-0.4, -0.2) is 33.5 Å². The molecule has 0 radical (unpaired) electrons. The average molecular weight is 525 g/mol. The molecule has 2 heterocycles. The fraction of sp³-hybridized carbons (Fsp3) is 0.333. The number of rotatable bonds is 7. The first kappa shape index (κ1) is 26.4. The molecule has 0 fully saturated rings. The minimum atomic E-state index is -0.511. The highest BCUT2D eigenvalue weighted by atomic mass is 35.5. The number of pyridine rings is 1. The maximum absolute atomic E-state index is 12.9. The lowest BCUT2D eigenvalue weighted by Crippen LogP contribution is -2.42. The minimum absolute atomic E-state index is 0.0741. The van der Waals surface area contributed by atoms with Crippen LogP contribution in [0.2, 0.25) is 5.02 Å². The van der Waals surface area contributed by atoms with Crippen LogP contribution in [0, 0.1) is 12.1 Å². The van der Waals surface area contributed by atoms with Crippen LogP contribution < -0.4 is 4.74 Å². The predicted octanol–water partition coefficient (Wildman–Crippen LogP) is 5.92. The van der Waals surface area contributed by atoms with Crippen LogP contribution in [0.1, 0.15) is 65.2 Å². The number of esters is 1. The van der Waals surface area contributed by atoms with Crippen molar-refractivity contribution in [3.8, 4) is 5.75 Å². The number of ether oxygens (including phenoxy) is 2. The molecule has 10 heteroatoms. The molecule has 4 rings (SSSR count). The first-order valence-corrected chi connectivity index (χ1v) is 12.1. The van der Waals surface area contributed by atoms with Crippen LogP contribution in [0.5, 0.6) is 5.75 Å². The molecule has 1 aromatic heterocycles. The maximum Gasteiger partial charge on any atom is 0.343 e. The average Bonchev–Trinajstić information content (AvgIpc) is 3.29. The first-order valence-electron chi connectivity index (χ1n) is 11.7. The van der Waals surface area contributed by atoms with Crippen molar-refractivity contribution < 1.29 is 24.1 Å². The van der Waals surface area contributed by atoms with E-state index in [2.05, 4.69) is 10.3 Å². The number of fused-ring (bicyclic) bond motifs is 1. The number of hydrogen-bond acceptors (Lipinski definition) is 7. The molecule has 0 bridgehead atoms. The Morgan fingerprint density at radius 2 is 1.89 bits per heavy atom. The van der Waals surface area contributed by atoms with Gasteiger partial charge in [-0.2, -0.15) is 0 Å². The van der Waals surface area contributed by atoms with Crippen LogP contribution in [0.15, 0.2) is 60.0 Å². The van der Waals surface area contributed by atoms with Gasteiger partial charge in [-0.05, 0) is 63.1 Å². The molecule has 0 aliphatic carbocycles. The van der Waals surface area contributed by atoms with Crippen LogP contribution in [0.4, 0.5) is 0 Å². The Labute approximate surface area is 220 Å². The zero-order valence-corrected chi connectivity index (χ0v) is 22.2. The Kier molecular flexibility index (Phi) is 7.65. The summed E-state index contributed by atoms with van der Waals surface area (Å²) in [5, 5.41) is 17.6. The number of carbonyl (C=O) groups is 1. The minimum Gasteiger partial charge on any atom is -0.569 e. The van der Waals surface area contributed by atoms with E-state index in [0.29, 0.717) is 33.6 Å². The van der Waals surface area contributed by atoms with Gasteiger partial charge in [0.05, 0.1) is 35.4 Å². The van der Waals surface area contributed by atoms with E-state index >= 15 is 0 Å². The normalized spacial score (nSPS) is 15.3. The van der Waals surface area contributed by atoms with E-state index in [1.165, 1.54) is 5.01 Å². The van der Waals surface area contributed by atoms with Crippen molar-refractivity contribution >= 4 is 17.6 Å². The molecule has 9 nitrogen and oxygen atoms in total. The molecule has 0 saturated carbocycles. The third-order valence-corrected chi connectivity index (χ3v) is 6.42. The molecule has 0 unspecified atom stereocenters. The standard InChI is InChI=1S/C27H29ClN4O5/c1-17-24(23-16-35-25(22(23)14-29-17)19-10-12-21(28)13-11-19)37-26(33)20-8-6-18(7-9-20)15-36-30-32(34)31(5)27(2,3)4/h6-14,25H,15-16H2,1-5H3/b32-30-/t25-/m0/s1. The molecule has 1 atom stereocenters. The van der Waals surface area contributed by atoms with E-state index in [9.17, 15) is 10.0 Å². The highest BCUT2D eigenvalue weighted by Gasteiger charge is 2.30. The summed E-state index contributed by atoms with van der Waals surface area (Å²) >= 11 is 6.01. The van der Waals surface area contributed by atoms with Crippen molar-refractivity contribution in [3.05, 3.63) is 98.5 Å². The van der Waals surface area contributed by atoms with Gasteiger partial charge in [0.1, 0.15) is 12.7 Å². The summed E-state index contributed by atoms with van der Waals surface area (Å²) in [6.45, 7) is 7.82. The van der Waals surface area contributed by atoms with E-state index in [4.69, 9.17) is 25.9 Å². The zero-order valence-electron chi connectivity index (χ0n) is 21.4. The monoisotopic (exact) mass is 524 g/mol. The van der Waals surface area contributed by atoms with Gasteiger partial charge in [0.2, 0.25) is 5.28 Å². The molecule has 0 amide bonds. The third-order valence-electron chi connectivity index (χ3n) is 6.17. The SMILES string of the molecule is Cc1ncc2c(c1OC(=O)c1ccc(CO/N=[N+](\[O-])N(C)C(C)(C)C)cc1)CO[C@H]2c1ccc(Cl)cc1. The van der Waals surface area contributed by atoms with Gasteiger partial charge in [-0.1, -0.05) is 35.9 Å². The van der Waals surface area contributed by atoms with Crippen LogP contribution in [0.25, 0.3) is 0 Å². The van der Waals surface area contributed by atoms with Gasteiger partial charge in [-0.25, -0.2) is 4.79 Å². The van der Waals surface area contributed by atoms with Crippen molar-refractivity contribution in [3.63, 3.8) is 0 Å². The third kappa shape index (κ3) is 6.00. The summed E-state index contributed by atoms with van der Waals surface area (Å²) in [6, 6.07) is 14.1. The van der Waals surface area contributed by atoms with Crippen LogP contribution in [-0.2, 0) is 22.8 Å². The smallest absolute Gasteiger partial charge is 0.343 e. The van der Waals surface area contributed by atoms with Crippen molar-refractivity contribution in [2.45, 2.75) is 52.6 Å². The van der Waals surface area contributed by atoms with Crippen LogP contribution in [0.3, 0.4) is 0 Å². The number of nitrogens with zero attached hydrogens (tertiary/aromatic N) is 4. The summed E-state index contributed by atoms with van der Waals surface area (Å²) in [5.41, 5.74) is 3.91. The second-order valence-electron chi connectivity index (χ2n) is 9.74. The molecule has 194 valence electrons. The summed E-state index contributed by atoms with van der Waals surface area (Å²) in [4.78, 5) is 22.9. The fourth-order valence-electron chi connectivity index (χ4n) is 3.69. The number of aromatic nitrogens is 1. The van der Waals surface area contributed by atoms with Crippen molar-refractivity contribution in [2.75, 3.05) is 7.05 Å². The predicted molar refractivity (Wildman–Crippen MR) is 137 cm³/mol. The molecule has 1 aliphatic heterocycles. The summed E-state index contributed by atoms with van der Waals surface area (Å²) < 4.78 is 11.8. The number of hydrazine groups is 1. The van der Waals surface area contributed by atoms with Gasteiger partial charge < -0.3 is 19.5 Å². The van der Waals surface area contributed by atoms with Gasteiger partial charge in [-0.15, -0.1) is 5.01 Å². The Morgan fingerprint density at radius 1 is 1.22 bits per heavy atom. The van der Waals surface area contributed by atoms with Crippen molar-refractivity contribution in [1.29, 1.82) is 0 Å². The largest absolute Gasteiger partial charge is 0.569 e. The Balaban J connectivity index is 1.43. The van der Waals surface area contributed by atoms with Gasteiger partial charge in [0.25, 0.3) is 0 Å². The molecule has 1 aliphatic rings. The second-order valence-corrected chi connectivity index (χ2v) is 10.2. The number of carbonyl (C=O) groups excluding carboxylic acids is 1. The lowest BCUT2D eigenvalue weighted by atomic mass is 10.0. The number of aryl methyl sites for hydroxylation is 1. The Morgan fingerprint density at radius 3 is 2.54 bits per heavy atom. The highest BCUT2D eigenvalue weighted by Crippen LogP contribution is 2.41. The Hall–Kier alpha value is -3.69. The van der Waals surface area contributed by atoms with E-state index in [1.807, 2.05) is 45.0 Å². The van der Waals surface area contributed by atoms with Gasteiger partial charge in [0, 0.05) is 22.3 Å². The van der Waals surface area contributed by atoms with E-state index in [-0.39, 0.29) is 12.7 Å². The summed E-state index contributed by atoms with van der Waals surface area (Å²) in [5.74, 6) is -0.105.